The minimum Gasteiger partial charge on any atom is -2.00 e. The molecule has 4 rings (SSSR count). The monoisotopic (exact) mass is 2630 g/mol. The van der Waals surface area contributed by atoms with E-state index in [2.05, 4.69) is 19.9 Å². The van der Waals surface area contributed by atoms with Gasteiger partial charge in [-0.25, -0.2) is 0 Å². The van der Waals surface area contributed by atoms with Crippen LogP contribution in [0.2, 0.25) is 0 Å². The number of aromatic nitrogens is 4. The van der Waals surface area contributed by atoms with Crippen molar-refractivity contribution in [1.29, 1.82) is 0 Å². The zero-order valence-electron chi connectivity index (χ0n) is 84.4. The second-order valence-corrected chi connectivity index (χ2v) is 22.9. The Kier molecular flexibility index (Phi) is 878. The van der Waals surface area contributed by atoms with Crippen molar-refractivity contribution in [2.24, 2.45) is 0 Å². The van der Waals surface area contributed by atoms with E-state index in [1.165, 1.54) is 98.1 Å². The van der Waals surface area contributed by atoms with Gasteiger partial charge >= 0.3 is 369 Å². The number of aromatic carboxylic acids is 4. The molecular weight excluding hydrogens is 2500 g/mol. The molecule has 0 aliphatic carbocycles. The predicted molar refractivity (Wildman–Crippen MR) is 373 cm³/mol. The molecule has 4 aromatic heterocycles. The molecule has 0 N–H and O–H groups in total. The number of carboxylic acid groups (broad SMARTS) is 4. The molecule has 4 heterocycles. The molecule has 0 saturated carbocycles. The van der Waals surface area contributed by atoms with Gasteiger partial charge in [-0.05, 0) is 48.5 Å². The molecule has 0 aliphatic heterocycles. The van der Waals surface area contributed by atoms with E-state index in [4.69, 9.17) is 0 Å². The van der Waals surface area contributed by atoms with Crippen LogP contribution in [-0.2, 0) is 501 Å². The Bertz CT molecular complexity index is 1740. The van der Waals surface area contributed by atoms with E-state index in [1.807, 2.05) is 0 Å². The molecule has 792 valence electrons. The largest absolute Gasteiger partial charge is 4.00 e. The van der Waals surface area contributed by atoms with Gasteiger partial charge in [-0.2, -0.15) is 0 Å². The molecule has 4 aromatic rings. The van der Waals surface area contributed by atoms with E-state index in [0.717, 1.165) is 0 Å². The van der Waals surface area contributed by atoms with Gasteiger partial charge in [0.15, 0.2) is 0 Å². The molecule has 0 unspecified atom stereocenters. The van der Waals surface area contributed by atoms with Gasteiger partial charge in [0.05, 0.1) is 23.9 Å². The zero-order chi connectivity index (χ0) is 84.0. The van der Waals surface area contributed by atoms with Crippen molar-refractivity contribution in [3.63, 3.8) is 0 Å². The maximum absolute atomic E-state index is 10.1. The maximum atomic E-state index is 10.1. The Balaban J connectivity index is -0.00000000952. The summed E-state index contributed by atoms with van der Waals surface area (Å²) in [5.41, 5.74) is 0.630. The van der Waals surface area contributed by atoms with E-state index in [-0.39, 0.29) is 523 Å². The first-order valence-corrected chi connectivity index (χ1v) is 31.9. The van der Waals surface area contributed by atoms with Crippen molar-refractivity contribution in [3.8, 4) is 0 Å². The quantitative estimate of drug-likeness (QED) is 0.171. The van der Waals surface area contributed by atoms with Gasteiger partial charge in [0.25, 0.3) is 0 Å². The predicted octanol–water partition coefficient (Wildman–Crippen LogP) is -9.03. The second-order valence-electron chi connectivity index (χ2n) is 22.9. The molecule has 0 fully saturated rings. The van der Waals surface area contributed by atoms with E-state index in [9.17, 15) is 121 Å². The minimum atomic E-state index is -1.17. The number of hydrogen-bond acceptors (Lipinski definition) is 28. The first-order chi connectivity index (χ1) is 44.9. The number of carboxylic acids is 4. The van der Waals surface area contributed by atoms with Crippen molar-refractivity contribution in [1.82, 2.24) is 19.9 Å². The van der Waals surface area contributed by atoms with Crippen molar-refractivity contribution in [2.45, 2.75) is 319 Å². The van der Waals surface area contributed by atoms with Gasteiger partial charge in [0.1, 0.15) is 0 Å². The van der Waals surface area contributed by atoms with Crippen molar-refractivity contribution in [2.75, 3.05) is 0 Å². The summed E-state index contributed by atoms with van der Waals surface area (Å²) in [5.74, 6) is -4.68. The number of rotatable bonds is 4. The average molecular weight is 2630 g/mol. The van der Waals surface area contributed by atoms with Gasteiger partial charge in [-0.15, -0.1) is 97.7 Å². The molecule has 52 nitrogen and oxygen atoms in total. The van der Waals surface area contributed by atoms with E-state index >= 15 is 0 Å². The summed E-state index contributed by atoms with van der Waals surface area (Å²) in [6.07, 6.45) is 4.60. The van der Waals surface area contributed by atoms with Crippen LogP contribution in [0.5, 0.6) is 0 Å². The van der Waals surface area contributed by atoms with Gasteiger partial charge < -0.3 is 253 Å². The van der Waals surface area contributed by atoms with Crippen LogP contribution in [0.4, 0.5) is 0 Å². The fraction of sp³-hybridized carbons (Fsp3) is 0.667. The van der Waals surface area contributed by atoms with E-state index < -0.39 is 122 Å². The van der Waals surface area contributed by atoms with Crippen LogP contribution in [0.25, 0.3) is 0 Å². The average Bonchev–Trinajstić information content (AvgIpc) is 0.967. The van der Waals surface area contributed by atoms with Crippen molar-refractivity contribution in [3.05, 3.63) is 120 Å². The Morgan fingerprint density at radius 2 is 0.177 bits per heavy atom. The molecule has 0 spiro atoms. The first-order valence-electron chi connectivity index (χ1n) is 31.9. The third kappa shape index (κ3) is 1060. The van der Waals surface area contributed by atoms with E-state index in [0.29, 0.717) is 0 Å². The van der Waals surface area contributed by atoms with E-state index in [1.54, 1.807) is 222 Å². The molecule has 0 amide bonds. The van der Waals surface area contributed by atoms with Crippen LogP contribution in [0, 0.1) is 0 Å². The molecule has 141 heavy (non-hydrogen) atoms. The Morgan fingerprint density at radius 1 is 0.142 bits per heavy atom. The zero-order valence-corrected chi connectivity index (χ0v) is 111. The van der Waals surface area contributed by atoms with Gasteiger partial charge in [-0.3, -0.25) is 19.9 Å². The second kappa shape index (κ2) is 320. The number of nitrogens with zero attached hydrogens (tertiary/aromatic N) is 4. The Morgan fingerprint density at radius 3 is 0.199 bits per heavy atom. The van der Waals surface area contributed by atoms with Crippen LogP contribution < -0.4 is 102 Å². The van der Waals surface area contributed by atoms with Gasteiger partial charge in [-0.1, -0.05) is 222 Å². The third-order valence-corrected chi connectivity index (χ3v) is 3.66. The number of carbonyl (C=O) groups is 4. The van der Waals surface area contributed by atoms with Crippen LogP contribution in [0.3, 0.4) is 0 Å². The molecule has 0 aromatic carbocycles. The van der Waals surface area contributed by atoms with Crippen molar-refractivity contribution >= 4 is 23.9 Å². The van der Waals surface area contributed by atoms with Crippen LogP contribution >= 0.6 is 0 Å². The van der Waals surface area contributed by atoms with Crippen LogP contribution in [0.1, 0.15) is 263 Å². The Labute approximate surface area is 1090 Å². The van der Waals surface area contributed by atoms with Crippen LogP contribution in [0.15, 0.2) is 98.1 Å². The van der Waals surface area contributed by atoms with Gasteiger partial charge in [0.2, 0.25) is 0 Å². The first kappa shape index (κ1) is 388. The Hall–Kier alpha value is 5.02. The fourth-order valence-corrected chi connectivity index (χ4v) is 1.95. The minimum absolute atomic E-state index is 0. The number of hydrogen-bond donors (Lipinski definition) is 0. The number of carbonyl (C=O) groups excluding carboxylic acids is 4. The molecule has 0 atom stereocenters. The summed E-state index contributed by atoms with van der Waals surface area (Å²) in [4.78, 5) is 54.8. The molecule has 0 bridgehead atoms. The SMILES string of the molecule is CC(C)[O-].CC(C)[O-].CC(C)[O-].CC(C)[O-].CC(C)[O-].CC(C)[O-].CC(C)[O-].CC(C)[O-].CC(C)[O-].CC(C)[O-].CC(C)[O-].CC(C)[O-].CC(C)[O-].CC(C)[O-].CC(C)[O-].CC(C)[O-].O=C([O-])c1ccncc1.O=C([O-])c1ccncc1.O=C([O-])c1ccncc1.O=C([O-])c1ccncc1.[O-2].[O-2].[O-2].[O-2].[O-2].[O-2].[O-2].[O-2].[O-2].[O-2].[O-2].[O-2].[O-2].[O-2].[O-2].[O-2].[O-2].[O-2].[O-2].[O-2].[O-2].[O-2].[O-2].[O-2].[Ti+4].[Ti+4].[Ti+4].[Ti+4].[Ti+4].[Ti+4].[Ti+4].[Ti+4].[Ti+4].[Ti+4].[Ti+4].[Ti+4].[Ti+4].[Ti+4].[Ti+4].[Ti+4].[Ti+4]. The summed E-state index contributed by atoms with van der Waals surface area (Å²) < 4.78 is 0. The van der Waals surface area contributed by atoms with Crippen molar-refractivity contribution < 1.29 is 622 Å². The van der Waals surface area contributed by atoms with Gasteiger partial charge in [0, 0.05) is 71.8 Å². The summed E-state index contributed by atoms with van der Waals surface area (Å²) in [7, 11) is 0. The number of pyridine rings is 4. The summed E-state index contributed by atoms with van der Waals surface area (Å²) in [5, 5.41) is 193. The summed E-state index contributed by atoms with van der Waals surface area (Å²) in [6.45, 7) is 51.6. The standard InChI is InChI=1S/4C6H5NO2.16C3H7O.24O.17Ti/c4*8-6(9)5-1-3-7-4-2-5;16*1-3(2)4;;;;;;;;;;;;;;;;;;;;;;;;;;;;;;;;;;;;;;;;;/h4*1-4H,(H,8,9);16*3H,1-2H3;;;;;;;;;;;;;;;;;;;;;;;;;;;;;;;;;;;;;;;;;/q;;;;16*-1;24*-2;17*+4/p-4. The normalized spacial score (nSPS) is 6.35. The smallest absolute Gasteiger partial charge is 2.00 e. The maximum Gasteiger partial charge on any atom is 4.00 e. The molecule has 0 radical (unpaired) electrons. The molecule has 0 aliphatic rings. The molecule has 69 heteroatoms. The molecule has 0 saturated heterocycles. The summed E-state index contributed by atoms with van der Waals surface area (Å²) >= 11 is 0. The third-order valence-electron chi connectivity index (χ3n) is 3.66. The van der Waals surface area contributed by atoms with Crippen LogP contribution in [-0.4, -0.2) is 141 Å². The fourth-order valence-electron chi connectivity index (χ4n) is 1.95. The topological polar surface area (TPSA) is 1270 Å². The summed E-state index contributed by atoms with van der Waals surface area (Å²) in [6, 6.07) is 11.1. The molecular formula is C72H128N4O48Ti17.